The molecule has 19 heavy (non-hydrogen) atoms. The van der Waals surface area contributed by atoms with Gasteiger partial charge in [-0.25, -0.2) is 0 Å². The number of fused-ring (bicyclic) bond motifs is 1. The fraction of sp³-hybridized carbons (Fsp3) is 0. The first-order valence-electron chi connectivity index (χ1n) is 5.69. The Morgan fingerprint density at radius 2 is 1.95 bits per heavy atom. The molecule has 0 atom stereocenters. The van der Waals surface area contributed by atoms with Gasteiger partial charge in [0.05, 0.1) is 10.4 Å². The summed E-state index contributed by atoms with van der Waals surface area (Å²) in [6.07, 6.45) is 5.17. The molecular formula is C14H9N3O2. The Kier molecular flexibility index (Phi) is 2.64. The highest BCUT2D eigenvalue weighted by atomic mass is 16.6. The van der Waals surface area contributed by atoms with Crippen molar-refractivity contribution in [3.63, 3.8) is 0 Å². The van der Waals surface area contributed by atoms with Crippen LogP contribution in [0.2, 0.25) is 0 Å². The Balaban J connectivity index is 2.16. The maximum Gasteiger partial charge on any atom is 0.270 e. The molecular weight excluding hydrogens is 242 g/mol. The summed E-state index contributed by atoms with van der Waals surface area (Å²) in [6.45, 7) is 0. The van der Waals surface area contributed by atoms with Crippen molar-refractivity contribution in [3.8, 4) is 11.1 Å². The number of non-ortho nitro benzene ring substituents is 1. The molecule has 0 aliphatic heterocycles. The van der Waals surface area contributed by atoms with E-state index in [1.807, 2.05) is 18.2 Å². The van der Waals surface area contributed by atoms with Crippen LogP contribution < -0.4 is 0 Å². The molecule has 0 fully saturated rings. The van der Waals surface area contributed by atoms with Crippen molar-refractivity contribution in [2.24, 2.45) is 0 Å². The van der Waals surface area contributed by atoms with E-state index in [9.17, 15) is 10.1 Å². The summed E-state index contributed by atoms with van der Waals surface area (Å²) in [5, 5.41) is 11.5. The first kappa shape index (κ1) is 11.3. The van der Waals surface area contributed by atoms with Crippen molar-refractivity contribution in [3.05, 3.63) is 65.1 Å². The maximum atomic E-state index is 10.8. The molecule has 3 aromatic rings. The molecule has 0 aliphatic rings. The van der Waals surface area contributed by atoms with Crippen molar-refractivity contribution in [1.82, 2.24) is 9.97 Å². The van der Waals surface area contributed by atoms with Gasteiger partial charge in [-0.15, -0.1) is 0 Å². The highest BCUT2D eigenvalue weighted by molar-refractivity contribution is 5.85. The molecule has 5 nitrogen and oxygen atoms in total. The number of nitro benzene ring substituents is 1. The lowest BCUT2D eigenvalue weighted by molar-refractivity contribution is -0.384. The van der Waals surface area contributed by atoms with Crippen molar-refractivity contribution in [2.45, 2.75) is 0 Å². The van der Waals surface area contributed by atoms with E-state index in [0.29, 0.717) is 0 Å². The van der Waals surface area contributed by atoms with E-state index < -0.39 is 4.92 Å². The van der Waals surface area contributed by atoms with E-state index in [-0.39, 0.29) is 5.69 Å². The summed E-state index contributed by atoms with van der Waals surface area (Å²) in [7, 11) is 0. The summed E-state index contributed by atoms with van der Waals surface area (Å²) in [5.74, 6) is 0. The molecule has 92 valence electrons. The Morgan fingerprint density at radius 1 is 1.05 bits per heavy atom. The minimum atomic E-state index is -0.407. The smallest absolute Gasteiger partial charge is 0.264 e. The molecule has 1 aromatic carbocycles. The summed E-state index contributed by atoms with van der Waals surface area (Å²) in [6, 6.07) is 10.3. The maximum absolute atomic E-state index is 10.8. The Hall–Kier alpha value is -2.82. The Labute approximate surface area is 108 Å². The average Bonchev–Trinajstić information content (AvgIpc) is 2.47. The van der Waals surface area contributed by atoms with Gasteiger partial charge >= 0.3 is 0 Å². The molecule has 0 radical (unpaired) electrons. The van der Waals surface area contributed by atoms with Gasteiger partial charge in [-0.05, 0) is 18.2 Å². The zero-order chi connectivity index (χ0) is 13.2. The summed E-state index contributed by atoms with van der Waals surface area (Å²) in [5.41, 5.74) is 2.63. The molecule has 3 rings (SSSR count). The lowest BCUT2D eigenvalue weighted by Crippen LogP contribution is -1.89. The SMILES string of the molecule is O=[N+]([O-])c1ccc2ncc(-c3cccnc3)cc2c1. The molecule has 2 aromatic heterocycles. The van der Waals surface area contributed by atoms with Crippen LogP contribution in [0.1, 0.15) is 0 Å². The third-order valence-electron chi connectivity index (χ3n) is 2.87. The van der Waals surface area contributed by atoms with Crippen LogP contribution in [-0.4, -0.2) is 14.9 Å². The minimum Gasteiger partial charge on any atom is -0.264 e. The molecule has 0 unspecified atom stereocenters. The molecule has 0 saturated carbocycles. The van der Waals surface area contributed by atoms with Crippen LogP contribution in [0.25, 0.3) is 22.0 Å². The zero-order valence-corrected chi connectivity index (χ0v) is 9.85. The predicted octanol–water partition coefficient (Wildman–Crippen LogP) is 3.21. The number of hydrogen-bond donors (Lipinski definition) is 0. The van der Waals surface area contributed by atoms with Gasteiger partial charge in [-0.1, -0.05) is 6.07 Å². The van der Waals surface area contributed by atoms with Crippen LogP contribution >= 0.6 is 0 Å². The van der Waals surface area contributed by atoms with E-state index in [1.54, 1.807) is 24.7 Å². The van der Waals surface area contributed by atoms with Crippen LogP contribution in [0.4, 0.5) is 5.69 Å². The van der Waals surface area contributed by atoms with E-state index in [0.717, 1.165) is 22.0 Å². The van der Waals surface area contributed by atoms with Crippen LogP contribution in [0.5, 0.6) is 0 Å². The van der Waals surface area contributed by atoms with E-state index in [2.05, 4.69) is 9.97 Å². The first-order valence-corrected chi connectivity index (χ1v) is 5.69. The van der Waals surface area contributed by atoms with Crippen molar-refractivity contribution < 1.29 is 4.92 Å². The van der Waals surface area contributed by atoms with E-state index in [4.69, 9.17) is 0 Å². The highest BCUT2D eigenvalue weighted by Crippen LogP contribution is 2.24. The van der Waals surface area contributed by atoms with Crippen LogP contribution in [0.3, 0.4) is 0 Å². The van der Waals surface area contributed by atoms with Gasteiger partial charge in [0.2, 0.25) is 0 Å². The van der Waals surface area contributed by atoms with E-state index in [1.165, 1.54) is 12.1 Å². The van der Waals surface area contributed by atoms with Crippen molar-refractivity contribution in [2.75, 3.05) is 0 Å². The quantitative estimate of drug-likeness (QED) is 0.518. The second kappa shape index (κ2) is 4.45. The van der Waals surface area contributed by atoms with Gasteiger partial charge in [0.15, 0.2) is 0 Å². The third kappa shape index (κ3) is 2.13. The standard InChI is InChI=1S/C14H9N3O2/c18-17(19)13-3-4-14-11(7-13)6-12(9-16-14)10-2-1-5-15-8-10/h1-9H. The zero-order valence-electron chi connectivity index (χ0n) is 9.85. The number of benzene rings is 1. The number of hydrogen-bond acceptors (Lipinski definition) is 4. The minimum absolute atomic E-state index is 0.0673. The molecule has 0 aliphatic carbocycles. The highest BCUT2D eigenvalue weighted by Gasteiger charge is 2.07. The summed E-state index contributed by atoms with van der Waals surface area (Å²) in [4.78, 5) is 18.7. The largest absolute Gasteiger partial charge is 0.270 e. The van der Waals surface area contributed by atoms with Crippen molar-refractivity contribution in [1.29, 1.82) is 0 Å². The topological polar surface area (TPSA) is 68.9 Å². The van der Waals surface area contributed by atoms with Gasteiger partial charge in [0.1, 0.15) is 0 Å². The fourth-order valence-electron chi connectivity index (χ4n) is 1.92. The Morgan fingerprint density at radius 3 is 2.68 bits per heavy atom. The normalized spacial score (nSPS) is 10.5. The van der Waals surface area contributed by atoms with Crippen LogP contribution in [-0.2, 0) is 0 Å². The number of nitro groups is 1. The van der Waals surface area contributed by atoms with Gasteiger partial charge in [0, 0.05) is 47.2 Å². The number of nitrogens with zero attached hydrogens (tertiary/aromatic N) is 3. The fourth-order valence-corrected chi connectivity index (χ4v) is 1.92. The predicted molar refractivity (Wildman–Crippen MR) is 71.6 cm³/mol. The lowest BCUT2D eigenvalue weighted by Gasteiger charge is -2.02. The second-order valence-corrected chi connectivity index (χ2v) is 4.10. The number of aromatic nitrogens is 2. The number of pyridine rings is 2. The van der Waals surface area contributed by atoms with Crippen LogP contribution in [0.15, 0.2) is 55.0 Å². The molecule has 0 bridgehead atoms. The summed E-state index contributed by atoms with van der Waals surface area (Å²) < 4.78 is 0. The van der Waals surface area contributed by atoms with Gasteiger partial charge in [-0.2, -0.15) is 0 Å². The third-order valence-corrected chi connectivity index (χ3v) is 2.87. The summed E-state index contributed by atoms with van der Waals surface area (Å²) >= 11 is 0. The number of rotatable bonds is 2. The van der Waals surface area contributed by atoms with E-state index >= 15 is 0 Å². The van der Waals surface area contributed by atoms with Gasteiger partial charge in [-0.3, -0.25) is 20.1 Å². The lowest BCUT2D eigenvalue weighted by atomic mass is 10.1. The van der Waals surface area contributed by atoms with Crippen molar-refractivity contribution >= 4 is 16.6 Å². The van der Waals surface area contributed by atoms with Crippen LogP contribution in [0, 0.1) is 10.1 Å². The van der Waals surface area contributed by atoms with Gasteiger partial charge in [0.25, 0.3) is 5.69 Å². The molecule has 0 saturated heterocycles. The molecule has 0 N–H and O–H groups in total. The molecule has 0 spiro atoms. The average molecular weight is 251 g/mol. The molecule has 5 heteroatoms. The molecule has 0 amide bonds. The Bertz CT molecular complexity index is 757. The second-order valence-electron chi connectivity index (χ2n) is 4.10. The first-order chi connectivity index (χ1) is 9.24. The monoisotopic (exact) mass is 251 g/mol. The molecule has 2 heterocycles. The van der Waals surface area contributed by atoms with Gasteiger partial charge < -0.3 is 0 Å².